The van der Waals surface area contributed by atoms with Crippen molar-refractivity contribution in [3.63, 3.8) is 0 Å². The molecule has 0 bridgehead atoms. The maximum Gasteiger partial charge on any atom is 0.211 e. The third-order valence-corrected chi connectivity index (χ3v) is 1.50. The average molecular weight is 125 g/mol. The van der Waals surface area contributed by atoms with E-state index < -0.39 is 0 Å². The van der Waals surface area contributed by atoms with Crippen LogP contribution in [0.15, 0.2) is 5.76 Å². The summed E-state index contributed by atoms with van der Waals surface area (Å²) in [6, 6.07) is 0. The average Bonchev–Trinajstić information content (AvgIpc) is 2.63. The van der Waals surface area contributed by atoms with Crippen LogP contribution in [0.4, 0.5) is 0 Å². The normalized spacial score (nSPS) is 14.6. The molecule has 1 aliphatic rings. The first-order valence-electron chi connectivity index (χ1n) is 3.72. The van der Waals surface area contributed by atoms with E-state index in [1.807, 2.05) is 0 Å². The molecule has 0 aliphatic carbocycles. The topological polar surface area (TPSA) is 12.5 Å². The van der Waals surface area contributed by atoms with Gasteiger partial charge in [-0.25, -0.2) is 0 Å². The predicted octanol–water partition coefficient (Wildman–Crippen LogP) is 2.63. The summed E-state index contributed by atoms with van der Waals surface area (Å²) in [6.45, 7) is 2.22. The van der Waals surface area contributed by atoms with Gasteiger partial charge in [0.2, 0.25) is 6.26 Å². The van der Waals surface area contributed by atoms with Crippen LogP contribution >= 0.6 is 0 Å². The van der Waals surface area contributed by atoms with E-state index in [0.717, 1.165) is 12.2 Å². The van der Waals surface area contributed by atoms with Gasteiger partial charge in [-0.15, -0.1) is 0 Å². The Morgan fingerprint density at radius 1 is 1.33 bits per heavy atom. The Morgan fingerprint density at radius 2 is 2.11 bits per heavy atom. The summed E-state index contributed by atoms with van der Waals surface area (Å²) in [6.07, 6.45) is 9.11. The summed E-state index contributed by atoms with van der Waals surface area (Å²) in [7, 11) is 0. The molecule has 0 fully saturated rings. The fraction of sp³-hybridized carbons (Fsp3) is 0.750. The van der Waals surface area contributed by atoms with Crippen molar-refractivity contribution in [1.82, 2.24) is 0 Å². The van der Waals surface area contributed by atoms with E-state index in [2.05, 4.69) is 13.2 Å². The zero-order chi connectivity index (χ0) is 6.53. The van der Waals surface area contributed by atoms with Crippen molar-refractivity contribution in [2.45, 2.75) is 39.0 Å². The molecule has 9 heavy (non-hydrogen) atoms. The molecule has 0 aromatic rings. The molecule has 1 nitrogen and oxygen atoms in total. The second-order valence-corrected chi connectivity index (χ2v) is 2.44. The molecule has 0 aromatic heterocycles. The molecule has 1 radical (unpaired) electrons. The Kier molecular flexibility index (Phi) is 2.62. The van der Waals surface area contributed by atoms with E-state index in [-0.39, 0.29) is 0 Å². The largest absolute Gasteiger partial charge is 0.450 e. The maximum absolute atomic E-state index is 4.76. The van der Waals surface area contributed by atoms with Crippen molar-refractivity contribution >= 4 is 0 Å². The molecule has 1 heteroatoms. The van der Waals surface area contributed by atoms with Crippen LogP contribution < -0.4 is 0 Å². The summed E-state index contributed by atoms with van der Waals surface area (Å²) >= 11 is 0. The lowest BCUT2D eigenvalue weighted by Crippen LogP contribution is -1.74. The second-order valence-electron chi connectivity index (χ2n) is 2.44. The minimum atomic E-state index is 1.08. The molecule has 51 valence electrons. The standard InChI is InChI=1S/C8H13O/c1-2-3-4-5-6-8-7-9-8/h2-6H2,1H3. The molecule has 0 saturated carbocycles. The van der Waals surface area contributed by atoms with E-state index in [9.17, 15) is 0 Å². The van der Waals surface area contributed by atoms with Gasteiger partial charge in [0, 0.05) is 6.42 Å². The molecule has 0 spiro atoms. The number of unbranched alkanes of at least 4 members (excludes halogenated alkanes) is 3. The first-order valence-corrected chi connectivity index (χ1v) is 3.72. The van der Waals surface area contributed by atoms with Gasteiger partial charge in [-0.1, -0.05) is 26.2 Å². The smallest absolute Gasteiger partial charge is 0.211 e. The van der Waals surface area contributed by atoms with Crippen molar-refractivity contribution in [2.75, 3.05) is 0 Å². The van der Waals surface area contributed by atoms with E-state index in [0.29, 0.717) is 0 Å². The molecule has 1 aliphatic heterocycles. The molecule has 0 atom stereocenters. The number of ether oxygens (including phenoxy) is 1. The van der Waals surface area contributed by atoms with Gasteiger partial charge in [-0.3, -0.25) is 0 Å². The Balaban J connectivity index is 1.76. The van der Waals surface area contributed by atoms with Gasteiger partial charge in [0.15, 0.2) is 5.76 Å². The fourth-order valence-electron chi connectivity index (χ4n) is 0.850. The molecule has 0 N–H and O–H groups in total. The lowest BCUT2D eigenvalue weighted by Gasteiger charge is -1.92. The number of hydrogen-bond donors (Lipinski definition) is 0. The van der Waals surface area contributed by atoms with Gasteiger partial charge in [-0.2, -0.15) is 0 Å². The SMILES string of the molecule is CCCCCCC1=[C]O1. The molecule has 0 saturated heterocycles. The highest BCUT2D eigenvalue weighted by Crippen LogP contribution is 2.19. The third-order valence-electron chi connectivity index (χ3n) is 1.50. The Hall–Kier alpha value is -0.460. The van der Waals surface area contributed by atoms with Gasteiger partial charge < -0.3 is 4.74 Å². The summed E-state index contributed by atoms with van der Waals surface area (Å²) in [4.78, 5) is 0. The summed E-state index contributed by atoms with van der Waals surface area (Å²) in [5.74, 6) is 1.08. The van der Waals surface area contributed by atoms with Crippen LogP contribution in [0, 0.1) is 6.26 Å². The zero-order valence-electron chi connectivity index (χ0n) is 5.94. The first kappa shape index (κ1) is 6.66. The maximum atomic E-state index is 4.76. The van der Waals surface area contributed by atoms with E-state index in [4.69, 9.17) is 4.74 Å². The number of allylic oxidation sites excluding steroid dienone is 1. The lowest BCUT2D eigenvalue weighted by atomic mass is 10.1. The fourth-order valence-corrected chi connectivity index (χ4v) is 0.850. The van der Waals surface area contributed by atoms with Crippen LogP contribution in [-0.4, -0.2) is 0 Å². The summed E-state index contributed by atoms with van der Waals surface area (Å²) in [5, 5.41) is 0. The van der Waals surface area contributed by atoms with Crippen molar-refractivity contribution in [1.29, 1.82) is 0 Å². The Morgan fingerprint density at radius 3 is 2.67 bits per heavy atom. The minimum Gasteiger partial charge on any atom is -0.450 e. The third kappa shape index (κ3) is 3.17. The van der Waals surface area contributed by atoms with Crippen LogP contribution in [-0.2, 0) is 4.74 Å². The number of rotatable bonds is 5. The molecular formula is C8H13O. The number of hydrogen-bond acceptors (Lipinski definition) is 1. The highest BCUT2D eigenvalue weighted by Gasteiger charge is 2.09. The van der Waals surface area contributed by atoms with Gasteiger partial charge in [0.1, 0.15) is 0 Å². The Labute approximate surface area is 56.7 Å². The summed E-state index contributed by atoms with van der Waals surface area (Å²) in [5.41, 5.74) is 0. The van der Waals surface area contributed by atoms with Crippen LogP contribution in [0.1, 0.15) is 39.0 Å². The highest BCUT2D eigenvalue weighted by molar-refractivity contribution is 4.94. The van der Waals surface area contributed by atoms with Crippen molar-refractivity contribution in [3.05, 3.63) is 12.0 Å². The van der Waals surface area contributed by atoms with E-state index in [1.54, 1.807) is 0 Å². The van der Waals surface area contributed by atoms with Gasteiger partial charge >= 0.3 is 0 Å². The molecule has 1 rings (SSSR count). The molecular weight excluding hydrogens is 112 g/mol. The molecule has 0 unspecified atom stereocenters. The highest BCUT2D eigenvalue weighted by atomic mass is 16.5. The van der Waals surface area contributed by atoms with Crippen LogP contribution in [0.3, 0.4) is 0 Å². The quantitative estimate of drug-likeness (QED) is 0.514. The summed E-state index contributed by atoms with van der Waals surface area (Å²) < 4.78 is 4.76. The van der Waals surface area contributed by atoms with Gasteiger partial charge in [0.05, 0.1) is 0 Å². The predicted molar refractivity (Wildman–Crippen MR) is 36.6 cm³/mol. The van der Waals surface area contributed by atoms with E-state index in [1.165, 1.54) is 25.7 Å². The van der Waals surface area contributed by atoms with Crippen molar-refractivity contribution in [2.24, 2.45) is 0 Å². The van der Waals surface area contributed by atoms with Crippen LogP contribution in [0.25, 0.3) is 0 Å². The van der Waals surface area contributed by atoms with Crippen molar-refractivity contribution < 1.29 is 4.74 Å². The Bertz CT molecular complexity index is 105. The monoisotopic (exact) mass is 125 g/mol. The molecule has 0 amide bonds. The van der Waals surface area contributed by atoms with Gasteiger partial charge in [-0.05, 0) is 6.42 Å². The minimum absolute atomic E-state index is 1.08. The van der Waals surface area contributed by atoms with E-state index >= 15 is 0 Å². The van der Waals surface area contributed by atoms with Crippen LogP contribution in [0.2, 0.25) is 0 Å². The molecule has 0 aromatic carbocycles. The van der Waals surface area contributed by atoms with Crippen LogP contribution in [0.5, 0.6) is 0 Å². The van der Waals surface area contributed by atoms with Gasteiger partial charge in [0.25, 0.3) is 0 Å². The second kappa shape index (κ2) is 3.54. The first-order chi connectivity index (χ1) is 4.43. The molecule has 1 heterocycles. The van der Waals surface area contributed by atoms with Crippen molar-refractivity contribution in [3.8, 4) is 0 Å². The zero-order valence-corrected chi connectivity index (χ0v) is 5.94. The lowest BCUT2D eigenvalue weighted by molar-refractivity contribution is 0.459.